The zero-order chi connectivity index (χ0) is 23.2. The van der Waals surface area contributed by atoms with E-state index >= 15 is 0 Å². The summed E-state index contributed by atoms with van der Waals surface area (Å²) in [6.45, 7) is 0.558. The van der Waals surface area contributed by atoms with Crippen LogP contribution in [0, 0.1) is 5.82 Å². The van der Waals surface area contributed by atoms with Crippen molar-refractivity contribution in [1.82, 2.24) is 9.80 Å². The second-order valence-corrected chi connectivity index (χ2v) is 9.38. The second-order valence-electron chi connectivity index (χ2n) is 9.38. The summed E-state index contributed by atoms with van der Waals surface area (Å²) in [5.74, 6) is -0.342. The average Bonchev–Trinajstić information content (AvgIpc) is 3.18. The molecule has 0 spiro atoms. The molecule has 6 heteroatoms. The molecule has 5 nitrogen and oxygen atoms in total. The van der Waals surface area contributed by atoms with Crippen LogP contribution in [0.15, 0.2) is 72.8 Å². The number of benzene rings is 3. The molecule has 2 amide bonds. The Bertz CT molecular complexity index is 1260. The van der Waals surface area contributed by atoms with E-state index in [0.717, 1.165) is 29.5 Å². The first-order valence-corrected chi connectivity index (χ1v) is 11.7. The van der Waals surface area contributed by atoms with Crippen LogP contribution in [-0.2, 0) is 22.6 Å². The maximum Gasteiger partial charge on any atom is 0.410 e. The van der Waals surface area contributed by atoms with Gasteiger partial charge in [-0.25, -0.2) is 9.18 Å². The molecule has 2 saturated heterocycles. The number of halogens is 1. The highest BCUT2D eigenvalue weighted by Gasteiger charge is 2.50. The maximum atomic E-state index is 14.4. The van der Waals surface area contributed by atoms with Crippen LogP contribution in [-0.4, -0.2) is 40.9 Å². The van der Waals surface area contributed by atoms with Crippen LogP contribution in [0.5, 0.6) is 0 Å². The Kier molecular flexibility index (Phi) is 5.09. The lowest BCUT2D eigenvalue weighted by atomic mass is 9.87. The van der Waals surface area contributed by atoms with Crippen LogP contribution in [0.2, 0.25) is 0 Å². The van der Waals surface area contributed by atoms with Crippen molar-refractivity contribution < 1.29 is 18.7 Å². The summed E-state index contributed by atoms with van der Waals surface area (Å²) in [7, 11) is 0. The SMILES string of the molecule is O=C(OCc1ccccc1)N1CC(=O)N2[C@@H](C[C@@H]3c4ccccc4Cc4ccc(F)cc4[C@H]32)C1. The molecule has 0 radical (unpaired) electrons. The first-order chi connectivity index (χ1) is 16.6. The molecule has 0 aromatic heterocycles. The van der Waals surface area contributed by atoms with Crippen LogP contribution in [0.4, 0.5) is 9.18 Å². The number of fused-ring (bicyclic) bond motifs is 7. The lowest BCUT2D eigenvalue weighted by Crippen LogP contribution is -2.56. The van der Waals surface area contributed by atoms with Gasteiger partial charge in [-0.15, -0.1) is 0 Å². The van der Waals surface area contributed by atoms with E-state index in [1.807, 2.05) is 53.4 Å². The molecule has 1 aliphatic carbocycles. The number of carbonyl (C=O) groups excluding carboxylic acids is 2. The Labute approximate surface area is 197 Å². The number of hydrogen-bond acceptors (Lipinski definition) is 3. The van der Waals surface area contributed by atoms with Gasteiger partial charge >= 0.3 is 6.09 Å². The van der Waals surface area contributed by atoms with Crippen molar-refractivity contribution in [2.24, 2.45) is 0 Å². The van der Waals surface area contributed by atoms with Crippen LogP contribution in [0.3, 0.4) is 0 Å². The zero-order valence-electron chi connectivity index (χ0n) is 18.7. The largest absolute Gasteiger partial charge is 0.445 e. The number of rotatable bonds is 2. The van der Waals surface area contributed by atoms with Crippen molar-refractivity contribution in [2.45, 2.75) is 37.5 Å². The third-order valence-electron chi connectivity index (χ3n) is 7.37. The van der Waals surface area contributed by atoms with Crippen LogP contribution >= 0.6 is 0 Å². The highest BCUT2D eigenvalue weighted by molar-refractivity contribution is 5.85. The minimum absolute atomic E-state index is 0.0281. The van der Waals surface area contributed by atoms with Gasteiger partial charge in [-0.3, -0.25) is 9.69 Å². The summed E-state index contributed by atoms with van der Waals surface area (Å²) in [4.78, 5) is 29.6. The summed E-state index contributed by atoms with van der Waals surface area (Å²) in [5.41, 5.74) is 5.27. The quantitative estimate of drug-likeness (QED) is 0.556. The Morgan fingerprint density at radius 3 is 2.59 bits per heavy atom. The molecule has 3 atom stereocenters. The van der Waals surface area contributed by atoms with Gasteiger partial charge in [0.1, 0.15) is 19.0 Å². The molecule has 172 valence electrons. The van der Waals surface area contributed by atoms with E-state index < -0.39 is 6.09 Å². The summed E-state index contributed by atoms with van der Waals surface area (Å²) >= 11 is 0. The molecule has 0 N–H and O–H groups in total. The molecule has 2 heterocycles. The lowest BCUT2D eigenvalue weighted by molar-refractivity contribution is -0.139. The maximum absolute atomic E-state index is 14.4. The van der Waals surface area contributed by atoms with Crippen molar-refractivity contribution >= 4 is 12.0 Å². The predicted octanol–water partition coefficient (Wildman–Crippen LogP) is 4.81. The first kappa shape index (κ1) is 20.9. The topological polar surface area (TPSA) is 49.9 Å². The smallest absolute Gasteiger partial charge is 0.410 e. The summed E-state index contributed by atoms with van der Waals surface area (Å²) in [6, 6.07) is 22.4. The molecule has 3 aromatic carbocycles. The molecule has 0 unspecified atom stereocenters. The normalized spacial score (nSPS) is 22.9. The molecule has 34 heavy (non-hydrogen) atoms. The van der Waals surface area contributed by atoms with Crippen LogP contribution in [0.1, 0.15) is 46.2 Å². The van der Waals surface area contributed by atoms with E-state index in [9.17, 15) is 14.0 Å². The number of carbonyl (C=O) groups is 2. The van der Waals surface area contributed by atoms with Gasteiger partial charge in [0, 0.05) is 12.5 Å². The van der Waals surface area contributed by atoms with Gasteiger partial charge < -0.3 is 9.64 Å². The van der Waals surface area contributed by atoms with Gasteiger partial charge in [-0.05, 0) is 52.8 Å². The van der Waals surface area contributed by atoms with Gasteiger partial charge in [0.15, 0.2) is 0 Å². The van der Waals surface area contributed by atoms with E-state index in [-0.39, 0.29) is 42.9 Å². The number of hydrogen-bond donors (Lipinski definition) is 0. The second kappa shape index (κ2) is 8.28. The molecule has 2 aliphatic heterocycles. The number of amides is 2. The van der Waals surface area contributed by atoms with E-state index in [1.165, 1.54) is 22.1 Å². The van der Waals surface area contributed by atoms with E-state index in [4.69, 9.17) is 4.74 Å². The molecule has 0 bridgehead atoms. The standard InChI is InChI=1S/C28H25FN2O3/c29-21-11-10-20-12-19-8-4-5-9-23(19)25-14-22-15-30(16-26(32)31(22)27(25)24(20)13-21)28(33)34-17-18-6-2-1-3-7-18/h1-11,13,22,25,27H,12,14-17H2/t22-,25+,27+/m0/s1. The third-order valence-corrected chi connectivity index (χ3v) is 7.37. The van der Waals surface area contributed by atoms with E-state index in [1.54, 1.807) is 6.07 Å². The number of nitrogens with zero attached hydrogens (tertiary/aromatic N) is 2. The van der Waals surface area contributed by atoms with Crippen LogP contribution < -0.4 is 0 Å². The summed E-state index contributed by atoms with van der Waals surface area (Å²) < 4.78 is 19.9. The van der Waals surface area contributed by atoms with Crippen molar-refractivity contribution in [3.63, 3.8) is 0 Å². The van der Waals surface area contributed by atoms with Crippen molar-refractivity contribution in [3.8, 4) is 0 Å². The predicted molar refractivity (Wildman–Crippen MR) is 125 cm³/mol. The molecular formula is C28H25FN2O3. The van der Waals surface area contributed by atoms with Gasteiger partial charge in [0.25, 0.3) is 0 Å². The summed E-state index contributed by atoms with van der Waals surface area (Å²) in [6.07, 6.45) is 0.978. The minimum atomic E-state index is -0.476. The van der Waals surface area contributed by atoms with E-state index in [2.05, 4.69) is 12.1 Å². The highest BCUT2D eigenvalue weighted by atomic mass is 19.1. The molecule has 2 fully saturated rings. The van der Waals surface area contributed by atoms with Crippen molar-refractivity contribution in [2.75, 3.05) is 13.1 Å². The highest BCUT2D eigenvalue weighted by Crippen LogP contribution is 2.52. The molecule has 0 saturated carbocycles. The number of piperazine rings is 1. The minimum Gasteiger partial charge on any atom is -0.445 e. The van der Waals surface area contributed by atoms with Gasteiger partial charge in [-0.2, -0.15) is 0 Å². The molecule has 3 aliphatic rings. The fraction of sp³-hybridized carbons (Fsp3) is 0.286. The Hall–Kier alpha value is -3.67. The lowest BCUT2D eigenvalue weighted by Gasteiger charge is -2.39. The molecule has 6 rings (SSSR count). The first-order valence-electron chi connectivity index (χ1n) is 11.7. The van der Waals surface area contributed by atoms with Crippen molar-refractivity contribution in [1.29, 1.82) is 0 Å². The Balaban J connectivity index is 1.29. The fourth-order valence-electron chi connectivity index (χ4n) is 5.92. The number of ether oxygens (including phenoxy) is 1. The third kappa shape index (κ3) is 3.54. The zero-order valence-corrected chi connectivity index (χ0v) is 18.7. The summed E-state index contributed by atoms with van der Waals surface area (Å²) in [5, 5.41) is 0. The molecule has 3 aromatic rings. The van der Waals surface area contributed by atoms with Gasteiger partial charge in [-0.1, -0.05) is 60.7 Å². The Morgan fingerprint density at radius 1 is 0.971 bits per heavy atom. The monoisotopic (exact) mass is 456 g/mol. The van der Waals surface area contributed by atoms with Crippen molar-refractivity contribution in [3.05, 3.63) is 106 Å². The Morgan fingerprint density at radius 2 is 1.74 bits per heavy atom. The molecular weight excluding hydrogens is 431 g/mol. The van der Waals surface area contributed by atoms with Gasteiger partial charge in [0.2, 0.25) is 5.91 Å². The average molecular weight is 457 g/mol. The van der Waals surface area contributed by atoms with E-state index in [0.29, 0.717) is 6.54 Å². The van der Waals surface area contributed by atoms with Crippen LogP contribution in [0.25, 0.3) is 0 Å². The van der Waals surface area contributed by atoms with Gasteiger partial charge in [0.05, 0.1) is 12.1 Å². The fourth-order valence-corrected chi connectivity index (χ4v) is 5.92.